The highest BCUT2D eigenvalue weighted by Gasteiger charge is 2.27. The number of benzene rings is 2. The number of hydrogen-bond donors (Lipinski definition) is 1. The summed E-state index contributed by atoms with van der Waals surface area (Å²) in [4.78, 5) is 2.35. The van der Waals surface area contributed by atoms with Crippen LogP contribution in [-0.4, -0.2) is 13.1 Å². The first kappa shape index (κ1) is 13.5. The number of nitrogens with one attached hydrogen (secondary N) is 1. The number of fused-ring (bicyclic) bond motifs is 1. The molecule has 104 valence electrons. The number of para-hydroxylation sites is 1. The van der Waals surface area contributed by atoms with Crippen molar-refractivity contribution in [1.29, 1.82) is 0 Å². The lowest BCUT2D eigenvalue weighted by molar-refractivity contribution is 0.758. The van der Waals surface area contributed by atoms with Crippen LogP contribution in [-0.2, 0) is 13.0 Å². The highest BCUT2D eigenvalue weighted by Crippen LogP contribution is 2.41. The van der Waals surface area contributed by atoms with Crippen LogP contribution in [0.25, 0.3) is 0 Å². The zero-order chi connectivity index (χ0) is 14.1. The van der Waals surface area contributed by atoms with E-state index in [0.717, 1.165) is 23.7 Å². The Morgan fingerprint density at radius 3 is 2.75 bits per heavy atom. The fourth-order valence-electron chi connectivity index (χ4n) is 2.99. The standard InChI is InChI=1S/C17H19ClN2/c1-12-9-14-5-3-4-6-16(14)20(12)17-8-7-13(11-19-2)10-15(17)18/h3-8,10,12,19H,9,11H2,1-2H3. The first-order chi connectivity index (χ1) is 9.70. The van der Waals surface area contributed by atoms with Gasteiger partial charge in [-0.15, -0.1) is 0 Å². The Labute approximate surface area is 125 Å². The van der Waals surface area contributed by atoms with Crippen LogP contribution in [0.2, 0.25) is 5.02 Å². The van der Waals surface area contributed by atoms with Crippen molar-refractivity contribution < 1.29 is 0 Å². The van der Waals surface area contributed by atoms with Crippen molar-refractivity contribution in [3.63, 3.8) is 0 Å². The molecule has 3 heteroatoms. The van der Waals surface area contributed by atoms with E-state index < -0.39 is 0 Å². The summed E-state index contributed by atoms with van der Waals surface area (Å²) in [5.41, 5.74) is 4.99. The van der Waals surface area contributed by atoms with E-state index in [1.54, 1.807) is 0 Å². The van der Waals surface area contributed by atoms with Gasteiger partial charge in [0.15, 0.2) is 0 Å². The smallest absolute Gasteiger partial charge is 0.0646 e. The second kappa shape index (κ2) is 5.47. The summed E-state index contributed by atoms with van der Waals surface area (Å²) in [7, 11) is 1.95. The zero-order valence-electron chi connectivity index (χ0n) is 11.9. The van der Waals surface area contributed by atoms with Gasteiger partial charge in [0.25, 0.3) is 0 Å². The molecule has 2 nitrogen and oxygen atoms in total. The van der Waals surface area contributed by atoms with Gasteiger partial charge in [-0.05, 0) is 49.7 Å². The van der Waals surface area contributed by atoms with Crippen LogP contribution in [0.3, 0.4) is 0 Å². The van der Waals surface area contributed by atoms with E-state index in [9.17, 15) is 0 Å². The Hall–Kier alpha value is -1.51. The van der Waals surface area contributed by atoms with Crippen molar-refractivity contribution in [2.75, 3.05) is 11.9 Å². The SMILES string of the molecule is CNCc1ccc(N2c3ccccc3CC2C)c(Cl)c1. The second-order valence-electron chi connectivity index (χ2n) is 5.37. The molecule has 3 rings (SSSR count). The molecular formula is C17H19ClN2. The average molecular weight is 287 g/mol. The molecule has 2 aromatic rings. The first-order valence-corrected chi connectivity index (χ1v) is 7.38. The molecule has 2 aromatic carbocycles. The first-order valence-electron chi connectivity index (χ1n) is 7.01. The molecule has 0 radical (unpaired) electrons. The van der Waals surface area contributed by atoms with Gasteiger partial charge < -0.3 is 10.2 Å². The molecule has 1 aliphatic rings. The van der Waals surface area contributed by atoms with E-state index in [-0.39, 0.29) is 0 Å². The van der Waals surface area contributed by atoms with Gasteiger partial charge in [-0.25, -0.2) is 0 Å². The van der Waals surface area contributed by atoms with Crippen LogP contribution in [0.5, 0.6) is 0 Å². The lowest BCUT2D eigenvalue weighted by Gasteiger charge is -2.26. The normalized spacial score (nSPS) is 17.4. The van der Waals surface area contributed by atoms with Gasteiger partial charge >= 0.3 is 0 Å². The molecule has 0 fully saturated rings. The van der Waals surface area contributed by atoms with Gasteiger partial charge in [-0.3, -0.25) is 0 Å². The number of rotatable bonds is 3. The Morgan fingerprint density at radius 2 is 2.00 bits per heavy atom. The minimum Gasteiger partial charge on any atom is -0.337 e. The third-order valence-electron chi connectivity index (χ3n) is 3.86. The Morgan fingerprint density at radius 1 is 1.20 bits per heavy atom. The molecule has 0 bridgehead atoms. The monoisotopic (exact) mass is 286 g/mol. The predicted octanol–water partition coefficient (Wildman–Crippen LogP) is 4.14. The molecule has 1 heterocycles. The summed E-state index contributed by atoms with van der Waals surface area (Å²) in [5, 5.41) is 3.97. The molecular weight excluding hydrogens is 268 g/mol. The van der Waals surface area contributed by atoms with Gasteiger partial charge in [0, 0.05) is 18.3 Å². The maximum Gasteiger partial charge on any atom is 0.0646 e. The molecule has 1 unspecified atom stereocenters. The summed E-state index contributed by atoms with van der Waals surface area (Å²) in [5.74, 6) is 0. The third-order valence-corrected chi connectivity index (χ3v) is 4.16. The summed E-state index contributed by atoms with van der Waals surface area (Å²) < 4.78 is 0. The molecule has 0 amide bonds. The number of anilines is 2. The lowest BCUT2D eigenvalue weighted by Crippen LogP contribution is -2.24. The van der Waals surface area contributed by atoms with Gasteiger partial charge in [0.1, 0.15) is 0 Å². The minimum atomic E-state index is 0.444. The summed E-state index contributed by atoms with van der Waals surface area (Å²) in [6.45, 7) is 3.09. The summed E-state index contributed by atoms with van der Waals surface area (Å²) >= 11 is 6.51. The Balaban J connectivity index is 2.01. The highest BCUT2D eigenvalue weighted by molar-refractivity contribution is 6.33. The molecule has 0 spiro atoms. The third kappa shape index (κ3) is 2.30. The van der Waals surface area contributed by atoms with Gasteiger partial charge in [-0.1, -0.05) is 35.9 Å². The van der Waals surface area contributed by atoms with Gasteiger partial charge in [0.2, 0.25) is 0 Å². The van der Waals surface area contributed by atoms with Crippen LogP contribution < -0.4 is 10.2 Å². The topological polar surface area (TPSA) is 15.3 Å². The maximum absolute atomic E-state index is 6.51. The summed E-state index contributed by atoms with van der Waals surface area (Å²) in [6, 6.07) is 15.4. The van der Waals surface area contributed by atoms with E-state index in [1.165, 1.54) is 16.8 Å². The maximum atomic E-state index is 6.51. The average Bonchev–Trinajstić information content (AvgIpc) is 2.76. The predicted molar refractivity (Wildman–Crippen MR) is 86.0 cm³/mol. The van der Waals surface area contributed by atoms with E-state index in [0.29, 0.717) is 6.04 Å². The van der Waals surface area contributed by atoms with Crippen molar-refractivity contribution >= 4 is 23.0 Å². The van der Waals surface area contributed by atoms with Crippen LogP contribution in [0, 0.1) is 0 Å². The molecule has 1 N–H and O–H groups in total. The van der Waals surface area contributed by atoms with Gasteiger partial charge in [0.05, 0.1) is 10.7 Å². The molecule has 1 atom stereocenters. The molecule has 0 aliphatic carbocycles. The van der Waals surface area contributed by atoms with Crippen LogP contribution in [0.1, 0.15) is 18.1 Å². The van der Waals surface area contributed by atoms with Crippen molar-refractivity contribution in [3.05, 3.63) is 58.6 Å². The number of nitrogens with zero attached hydrogens (tertiary/aromatic N) is 1. The van der Waals surface area contributed by atoms with Crippen LogP contribution >= 0.6 is 11.6 Å². The van der Waals surface area contributed by atoms with Crippen molar-refractivity contribution in [3.8, 4) is 0 Å². The fourth-order valence-corrected chi connectivity index (χ4v) is 3.29. The van der Waals surface area contributed by atoms with E-state index in [1.807, 2.05) is 7.05 Å². The van der Waals surface area contributed by atoms with E-state index in [4.69, 9.17) is 11.6 Å². The molecule has 0 saturated carbocycles. The Bertz CT molecular complexity index is 624. The Kier molecular flexibility index (Phi) is 3.68. The second-order valence-corrected chi connectivity index (χ2v) is 5.78. The molecule has 1 aliphatic heterocycles. The largest absolute Gasteiger partial charge is 0.337 e. The van der Waals surface area contributed by atoms with Crippen molar-refractivity contribution in [2.24, 2.45) is 0 Å². The van der Waals surface area contributed by atoms with E-state index >= 15 is 0 Å². The molecule has 20 heavy (non-hydrogen) atoms. The fraction of sp³-hybridized carbons (Fsp3) is 0.294. The highest BCUT2D eigenvalue weighted by atomic mass is 35.5. The van der Waals surface area contributed by atoms with E-state index in [2.05, 4.69) is 59.6 Å². The zero-order valence-corrected chi connectivity index (χ0v) is 12.6. The van der Waals surface area contributed by atoms with Crippen LogP contribution in [0.15, 0.2) is 42.5 Å². The summed E-state index contributed by atoms with van der Waals surface area (Å²) in [6.07, 6.45) is 1.07. The van der Waals surface area contributed by atoms with Gasteiger partial charge in [-0.2, -0.15) is 0 Å². The number of hydrogen-bond acceptors (Lipinski definition) is 2. The van der Waals surface area contributed by atoms with Crippen molar-refractivity contribution in [1.82, 2.24) is 5.32 Å². The van der Waals surface area contributed by atoms with Crippen molar-refractivity contribution in [2.45, 2.75) is 25.9 Å². The number of halogens is 1. The van der Waals surface area contributed by atoms with Crippen LogP contribution in [0.4, 0.5) is 11.4 Å². The minimum absolute atomic E-state index is 0.444. The molecule has 0 aromatic heterocycles. The molecule has 0 saturated heterocycles. The quantitative estimate of drug-likeness (QED) is 0.912. The lowest BCUT2D eigenvalue weighted by atomic mass is 10.1.